The van der Waals surface area contributed by atoms with Gasteiger partial charge in [-0.2, -0.15) is 0 Å². The van der Waals surface area contributed by atoms with Crippen molar-refractivity contribution in [1.29, 1.82) is 0 Å². The van der Waals surface area contributed by atoms with Gasteiger partial charge in [0, 0.05) is 19.0 Å². The van der Waals surface area contributed by atoms with Gasteiger partial charge in [0.2, 0.25) is 5.91 Å². The van der Waals surface area contributed by atoms with Gasteiger partial charge in [-0.05, 0) is 25.2 Å². The first-order chi connectivity index (χ1) is 8.22. The minimum atomic E-state index is 0.223. The molecular weight excluding hydrogens is 212 g/mol. The number of amides is 1. The summed E-state index contributed by atoms with van der Waals surface area (Å²) in [7, 11) is 0. The van der Waals surface area contributed by atoms with Crippen LogP contribution in [0.15, 0.2) is 0 Å². The third-order valence-electron chi connectivity index (χ3n) is 3.62. The van der Waals surface area contributed by atoms with Crippen molar-refractivity contribution in [2.75, 3.05) is 6.54 Å². The Balaban J connectivity index is 1.84. The van der Waals surface area contributed by atoms with Gasteiger partial charge in [0.05, 0.1) is 0 Å². The highest BCUT2D eigenvalue weighted by molar-refractivity contribution is 5.75. The average Bonchev–Trinajstić information content (AvgIpc) is 2.27. The van der Waals surface area contributed by atoms with Crippen molar-refractivity contribution in [2.45, 2.75) is 70.8 Å². The van der Waals surface area contributed by atoms with Crippen molar-refractivity contribution < 1.29 is 4.79 Å². The lowest BCUT2D eigenvalue weighted by molar-refractivity contribution is -0.121. The molecule has 100 valence electrons. The number of unbranched alkanes of at least 4 members (excludes halogenated alkanes) is 5. The molecule has 0 bridgehead atoms. The molecule has 0 aromatic rings. The van der Waals surface area contributed by atoms with E-state index in [4.69, 9.17) is 5.73 Å². The van der Waals surface area contributed by atoms with E-state index in [1.807, 2.05) is 0 Å². The minimum Gasteiger partial charge on any atom is -0.356 e. The van der Waals surface area contributed by atoms with Crippen LogP contribution in [0.4, 0.5) is 0 Å². The summed E-state index contributed by atoms with van der Waals surface area (Å²) in [5.74, 6) is 0.861. The van der Waals surface area contributed by atoms with E-state index in [1.165, 1.54) is 32.1 Å². The summed E-state index contributed by atoms with van der Waals surface area (Å²) in [6, 6.07) is 0.385. The van der Waals surface area contributed by atoms with Gasteiger partial charge in [-0.25, -0.2) is 0 Å². The number of rotatable bonds is 9. The van der Waals surface area contributed by atoms with E-state index in [-0.39, 0.29) is 5.91 Å². The van der Waals surface area contributed by atoms with Gasteiger partial charge in [-0.15, -0.1) is 0 Å². The number of carbonyl (C=O) groups excluding carboxylic acids is 1. The summed E-state index contributed by atoms with van der Waals surface area (Å²) in [4.78, 5) is 11.5. The van der Waals surface area contributed by atoms with Crippen LogP contribution in [0.2, 0.25) is 0 Å². The Morgan fingerprint density at radius 3 is 2.47 bits per heavy atom. The Bertz CT molecular complexity index is 212. The van der Waals surface area contributed by atoms with Crippen LogP contribution in [-0.2, 0) is 4.79 Å². The van der Waals surface area contributed by atoms with Crippen molar-refractivity contribution >= 4 is 5.91 Å². The summed E-state index contributed by atoms with van der Waals surface area (Å²) in [6.45, 7) is 3.06. The van der Waals surface area contributed by atoms with Gasteiger partial charge in [-0.1, -0.05) is 39.0 Å². The highest BCUT2D eigenvalue weighted by atomic mass is 16.1. The summed E-state index contributed by atoms with van der Waals surface area (Å²) >= 11 is 0. The summed E-state index contributed by atoms with van der Waals surface area (Å²) in [5.41, 5.74) is 5.70. The summed E-state index contributed by atoms with van der Waals surface area (Å²) < 4.78 is 0. The second kappa shape index (κ2) is 8.51. The number of nitrogens with two attached hydrogens (primary N) is 1. The van der Waals surface area contributed by atoms with Crippen LogP contribution >= 0.6 is 0 Å². The second-order valence-electron chi connectivity index (χ2n) is 5.42. The third-order valence-corrected chi connectivity index (χ3v) is 3.62. The van der Waals surface area contributed by atoms with Crippen LogP contribution < -0.4 is 11.1 Å². The van der Waals surface area contributed by atoms with E-state index < -0.39 is 0 Å². The van der Waals surface area contributed by atoms with E-state index in [2.05, 4.69) is 12.2 Å². The van der Waals surface area contributed by atoms with E-state index in [0.717, 1.165) is 25.8 Å². The molecule has 3 heteroatoms. The number of nitrogens with one attached hydrogen (secondary N) is 1. The highest BCUT2D eigenvalue weighted by Gasteiger charge is 2.25. The van der Waals surface area contributed by atoms with Crippen molar-refractivity contribution in [3.8, 4) is 0 Å². The first kappa shape index (κ1) is 14.5. The molecule has 3 nitrogen and oxygen atoms in total. The Morgan fingerprint density at radius 1 is 1.18 bits per heavy atom. The Morgan fingerprint density at radius 2 is 1.82 bits per heavy atom. The molecule has 0 aromatic heterocycles. The Labute approximate surface area is 106 Å². The molecule has 0 radical (unpaired) electrons. The largest absolute Gasteiger partial charge is 0.356 e. The normalized spacial score (nSPS) is 23.2. The molecule has 1 aliphatic rings. The van der Waals surface area contributed by atoms with E-state index in [1.54, 1.807) is 0 Å². The first-order valence-electron chi connectivity index (χ1n) is 7.24. The zero-order valence-electron chi connectivity index (χ0n) is 11.2. The van der Waals surface area contributed by atoms with Crippen LogP contribution in [0.5, 0.6) is 0 Å². The lowest BCUT2D eigenvalue weighted by atomic mass is 9.81. The van der Waals surface area contributed by atoms with Gasteiger partial charge in [-0.3, -0.25) is 4.79 Å². The van der Waals surface area contributed by atoms with Crippen molar-refractivity contribution in [3.63, 3.8) is 0 Å². The standard InChI is InChI=1S/C14H28N2O/c1-2-3-4-5-6-7-8-14(17)16-11-12-9-13(15)10-12/h12-13H,2-11,15H2,1H3,(H,16,17). The van der Waals surface area contributed by atoms with E-state index in [0.29, 0.717) is 18.4 Å². The minimum absolute atomic E-state index is 0.223. The Kier molecular flexibility index (Phi) is 7.25. The molecule has 3 N–H and O–H groups in total. The topological polar surface area (TPSA) is 55.1 Å². The molecule has 0 atom stereocenters. The Hall–Kier alpha value is -0.570. The number of carbonyl (C=O) groups is 1. The quantitative estimate of drug-likeness (QED) is 0.609. The third kappa shape index (κ3) is 6.67. The zero-order valence-corrected chi connectivity index (χ0v) is 11.2. The predicted molar refractivity (Wildman–Crippen MR) is 71.7 cm³/mol. The van der Waals surface area contributed by atoms with Crippen LogP contribution in [-0.4, -0.2) is 18.5 Å². The molecule has 0 aromatic carbocycles. The van der Waals surface area contributed by atoms with E-state index in [9.17, 15) is 4.79 Å². The molecule has 0 heterocycles. The SMILES string of the molecule is CCCCCCCCC(=O)NCC1CC(N)C1. The van der Waals surface area contributed by atoms with Crippen LogP contribution in [0.1, 0.15) is 64.7 Å². The van der Waals surface area contributed by atoms with E-state index >= 15 is 0 Å². The molecular formula is C14H28N2O. The van der Waals surface area contributed by atoms with Gasteiger partial charge < -0.3 is 11.1 Å². The lowest BCUT2D eigenvalue weighted by Gasteiger charge is -2.32. The number of hydrogen-bond donors (Lipinski definition) is 2. The fourth-order valence-corrected chi connectivity index (χ4v) is 2.37. The molecule has 1 saturated carbocycles. The van der Waals surface area contributed by atoms with Gasteiger partial charge >= 0.3 is 0 Å². The van der Waals surface area contributed by atoms with Crippen LogP contribution in [0.3, 0.4) is 0 Å². The fourth-order valence-electron chi connectivity index (χ4n) is 2.37. The zero-order chi connectivity index (χ0) is 12.5. The fraction of sp³-hybridized carbons (Fsp3) is 0.929. The molecule has 1 fully saturated rings. The molecule has 1 amide bonds. The molecule has 1 aliphatic carbocycles. The van der Waals surface area contributed by atoms with Crippen LogP contribution in [0.25, 0.3) is 0 Å². The maximum atomic E-state index is 11.5. The molecule has 17 heavy (non-hydrogen) atoms. The van der Waals surface area contributed by atoms with Crippen molar-refractivity contribution in [1.82, 2.24) is 5.32 Å². The van der Waals surface area contributed by atoms with Crippen molar-refractivity contribution in [2.24, 2.45) is 11.7 Å². The van der Waals surface area contributed by atoms with Crippen LogP contribution in [0, 0.1) is 5.92 Å². The number of hydrogen-bond acceptors (Lipinski definition) is 2. The van der Waals surface area contributed by atoms with Gasteiger partial charge in [0.25, 0.3) is 0 Å². The summed E-state index contributed by atoms with van der Waals surface area (Å²) in [6.07, 6.45) is 10.3. The molecule has 0 unspecified atom stereocenters. The van der Waals surface area contributed by atoms with Gasteiger partial charge in [0.1, 0.15) is 0 Å². The predicted octanol–water partition coefficient (Wildman–Crippen LogP) is 2.59. The summed E-state index contributed by atoms with van der Waals surface area (Å²) in [5, 5.41) is 3.01. The molecule has 1 rings (SSSR count). The maximum absolute atomic E-state index is 11.5. The molecule has 0 saturated heterocycles. The lowest BCUT2D eigenvalue weighted by Crippen LogP contribution is -2.42. The second-order valence-corrected chi connectivity index (χ2v) is 5.42. The maximum Gasteiger partial charge on any atom is 0.220 e. The average molecular weight is 240 g/mol. The molecule has 0 aliphatic heterocycles. The molecule has 0 spiro atoms. The van der Waals surface area contributed by atoms with Gasteiger partial charge in [0.15, 0.2) is 0 Å². The monoisotopic (exact) mass is 240 g/mol. The smallest absolute Gasteiger partial charge is 0.220 e. The van der Waals surface area contributed by atoms with Crippen molar-refractivity contribution in [3.05, 3.63) is 0 Å². The highest BCUT2D eigenvalue weighted by Crippen LogP contribution is 2.24. The first-order valence-corrected chi connectivity index (χ1v) is 7.24.